The summed E-state index contributed by atoms with van der Waals surface area (Å²) in [7, 11) is 0. The van der Waals surface area contributed by atoms with Crippen LogP contribution in [0.15, 0.2) is 0 Å². The maximum absolute atomic E-state index is 10.7. The highest BCUT2D eigenvalue weighted by atomic mass is 16.6. The van der Waals surface area contributed by atoms with Crippen LogP contribution < -0.4 is 5.32 Å². The number of hydrogen-bond donors (Lipinski definition) is 1. The van der Waals surface area contributed by atoms with Crippen LogP contribution >= 0.6 is 0 Å². The molecule has 1 amide bonds. The van der Waals surface area contributed by atoms with E-state index in [4.69, 9.17) is 4.74 Å². The molecule has 0 spiro atoms. The highest BCUT2D eigenvalue weighted by Gasteiger charge is 2.22. The van der Waals surface area contributed by atoms with Gasteiger partial charge in [0.1, 0.15) is 19.3 Å². The van der Waals surface area contributed by atoms with Crippen molar-refractivity contribution in [3.05, 3.63) is 0 Å². The maximum Gasteiger partial charge on any atom is 0.407 e. The standard InChI is InChI=1S/C7H11NO4.H2/c1-2-6(9)11-3-5-4-12-7(10)8-5;/h5H,2-4H2,1H3,(H,8,10);1H/t5-;/m1./s1. The van der Waals surface area contributed by atoms with Crippen molar-refractivity contribution in [3.8, 4) is 0 Å². The highest BCUT2D eigenvalue weighted by Crippen LogP contribution is 1.98. The van der Waals surface area contributed by atoms with E-state index in [-0.39, 0.29) is 26.7 Å². The zero-order valence-electron chi connectivity index (χ0n) is 6.83. The van der Waals surface area contributed by atoms with Crippen LogP contribution in [0.4, 0.5) is 4.79 Å². The van der Waals surface area contributed by atoms with Gasteiger partial charge in [0.15, 0.2) is 0 Å². The van der Waals surface area contributed by atoms with Crippen molar-refractivity contribution in [1.29, 1.82) is 0 Å². The van der Waals surface area contributed by atoms with Crippen LogP contribution in [0.2, 0.25) is 0 Å². The van der Waals surface area contributed by atoms with Gasteiger partial charge < -0.3 is 14.8 Å². The predicted octanol–water partition coefficient (Wildman–Crippen LogP) is 0.294. The normalized spacial score (nSPS) is 21.4. The summed E-state index contributed by atoms with van der Waals surface area (Å²) in [6, 6.07) is -0.187. The lowest BCUT2D eigenvalue weighted by Gasteiger charge is -2.06. The zero-order valence-corrected chi connectivity index (χ0v) is 6.83. The fraction of sp³-hybridized carbons (Fsp3) is 0.714. The number of esters is 1. The minimum atomic E-state index is -0.451. The second-order valence-corrected chi connectivity index (χ2v) is 2.48. The first-order valence-corrected chi connectivity index (χ1v) is 3.81. The molecule has 0 aromatic rings. The average Bonchev–Trinajstić information content (AvgIpc) is 2.47. The Balaban J connectivity index is 0.00000144. The molecule has 5 heteroatoms. The van der Waals surface area contributed by atoms with Crippen LogP contribution in [-0.4, -0.2) is 31.3 Å². The number of alkyl carbamates (subject to hydrolysis) is 1. The molecule has 1 aliphatic rings. The van der Waals surface area contributed by atoms with E-state index in [0.29, 0.717) is 6.42 Å². The molecule has 1 atom stereocenters. The smallest absolute Gasteiger partial charge is 0.407 e. The van der Waals surface area contributed by atoms with Crippen LogP contribution in [0.25, 0.3) is 0 Å². The number of carbonyl (C=O) groups is 2. The third-order valence-electron chi connectivity index (χ3n) is 1.47. The molecule has 70 valence electrons. The monoisotopic (exact) mass is 175 g/mol. The highest BCUT2D eigenvalue weighted by molar-refractivity contribution is 5.70. The molecule has 5 nitrogen and oxygen atoms in total. The summed E-state index contributed by atoms with van der Waals surface area (Å²) in [6.45, 7) is 2.18. The van der Waals surface area contributed by atoms with Gasteiger partial charge in [-0.2, -0.15) is 0 Å². The van der Waals surface area contributed by atoms with Gasteiger partial charge in [0.05, 0.1) is 0 Å². The largest absolute Gasteiger partial charge is 0.463 e. The van der Waals surface area contributed by atoms with E-state index in [2.05, 4.69) is 10.1 Å². The second-order valence-electron chi connectivity index (χ2n) is 2.48. The van der Waals surface area contributed by atoms with Gasteiger partial charge in [-0.1, -0.05) is 6.92 Å². The summed E-state index contributed by atoms with van der Waals surface area (Å²) < 4.78 is 9.38. The lowest BCUT2D eigenvalue weighted by atomic mass is 10.3. The van der Waals surface area contributed by atoms with Crippen LogP contribution in [0.5, 0.6) is 0 Å². The van der Waals surface area contributed by atoms with Crippen LogP contribution in [0, 0.1) is 0 Å². The SMILES string of the molecule is CCC(=O)OC[C@@H]1COC(=O)N1.[HH]. The van der Waals surface area contributed by atoms with Crippen molar-refractivity contribution in [1.82, 2.24) is 5.32 Å². The van der Waals surface area contributed by atoms with Crippen molar-refractivity contribution in [3.63, 3.8) is 0 Å². The fourth-order valence-electron chi connectivity index (χ4n) is 0.812. The third kappa shape index (κ3) is 2.41. The van der Waals surface area contributed by atoms with Gasteiger partial charge >= 0.3 is 12.1 Å². The molecule has 12 heavy (non-hydrogen) atoms. The Kier molecular flexibility index (Phi) is 2.90. The molecule has 0 unspecified atom stereocenters. The Hall–Kier alpha value is -1.26. The van der Waals surface area contributed by atoms with Crippen molar-refractivity contribution < 1.29 is 20.5 Å². The van der Waals surface area contributed by atoms with Gasteiger partial charge in [-0.25, -0.2) is 4.79 Å². The van der Waals surface area contributed by atoms with Gasteiger partial charge in [-0.15, -0.1) is 0 Å². The zero-order chi connectivity index (χ0) is 8.97. The first-order valence-electron chi connectivity index (χ1n) is 3.81. The van der Waals surface area contributed by atoms with Crippen LogP contribution in [0.1, 0.15) is 14.8 Å². The summed E-state index contributed by atoms with van der Waals surface area (Å²) in [5, 5.41) is 2.49. The quantitative estimate of drug-likeness (QED) is 0.626. The molecule has 0 aromatic heterocycles. The molecule has 0 bridgehead atoms. The number of amides is 1. The molecule has 0 aromatic carbocycles. The summed E-state index contributed by atoms with van der Waals surface area (Å²) in [5.41, 5.74) is 0. The van der Waals surface area contributed by atoms with Crippen molar-refractivity contribution in [2.24, 2.45) is 0 Å². The Labute approximate surface area is 71.5 Å². The number of ether oxygens (including phenoxy) is 2. The Bertz CT molecular complexity index is 197. The maximum atomic E-state index is 10.7. The summed E-state index contributed by atoms with van der Waals surface area (Å²) >= 11 is 0. The summed E-state index contributed by atoms with van der Waals surface area (Å²) in [4.78, 5) is 21.2. The van der Waals surface area contributed by atoms with Gasteiger partial charge in [0.25, 0.3) is 0 Å². The number of cyclic esters (lactones) is 1. The number of rotatable bonds is 3. The summed E-state index contributed by atoms with van der Waals surface area (Å²) in [6.07, 6.45) is -0.103. The molecule has 1 heterocycles. The van der Waals surface area contributed by atoms with E-state index in [1.807, 2.05) is 0 Å². The van der Waals surface area contributed by atoms with Gasteiger partial charge in [0, 0.05) is 7.85 Å². The molecule has 0 radical (unpaired) electrons. The minimum absolute atomic E-state index is 0. The molecule has 1 fully saturated rings. The van der Waals surface area contributed by atoms with Crippen molar-refractivity contribution in [2.75, 3.05) is 13.2 Å². The lowest BCUT2D eigenvalue weighted by molar-refractivity contribution is -0.143. The number of hydrogen-bond acceptors (Lipinski definition) is 4. The summed E-state index contributed by atoms with van der Waals surface area (Å²) in [5.74, 6) is -0.267. The van der Waals surface area contributed by atoms with Gasteiger partial charge in [0.2, 0.25) is 0 Å². The molecular weight excluding hydrogens is 162 g/mol. The van der Waals surface area contributed by atoms with Crippen LogP contribution in [0.3, 0.4) is 0 Å². The number of nitrogens with one attached hydrogen (secondary N) is 1. The molecule has 1 rings (SSSR count). The van der Waals surface area contributed by atoms with E-state index < -0.39 is 6.09 Å². The molecule has 1 saturated heterocycles. The van der Waals surface area contributed by atoms with E-state index in [1.165, 1.54) is 0 Å². The van der Waals surface area contributed by atoms with E-state index in [9.17, 15) is 9.59 Å². The first-order chi connectivity index (χ1) is 5.72. The lowest BCUT2D eigenvalue weighted by Crippen LogP contribution is -2.31. The van der Waals surface area contributed by atoms with Crippen LogP contribution in [-0.2, 0) is 14.3 Å². The second kappa shape index (κ2) is 3.94. The topological polar surface area (TPSA) is 64.6 Å². The van der Waals surface area contributed by atoms with Gasteiger partial charge in [-0.05, 0) is 0 Å². The Morgan fingerprint density at radius 2 is 2.67 bits per heavy atom. The molecular formula is C7H13NO4. The average molecular weight is 175 g/mol. The molecule has 1 N–H and O–H groups in total. The Morgan fingerprint density at radius 3 is 3.17 bits per heavy atom. The van der Waals surface area contributed by atoms with E-state index in [1.54, 1.807) is 6.92 Å². The minimum Gasteiger partial charge on any atom is -0.463 e. The molecule has 0 aliphatic carbocycles. The van der Waals surface area contributed by atoms with Crippen molar-refractivity contribution in [2.45, 2.75) is 19.4 Å². The van der Waals surface area contributed by atoms with E-state index in [0.717, 1.165) is 0 Å². The predicted molar refractivity (Wildman–Crippen MR) is 41.6 cm³/mol. The van der Waals surface area contributed by atoms with Gasteiger partial charge in [-0.3, -0.25) is 4.79 Å². The molecule has 0 saturated carbocycles. The first kappa shape index (κ1) is 8.83. The molecule has 1 aliphatic heterocycles. The Morgan fingerprint density at radius 1 is 1.92 bits per heavy atom. The third-order valence-corrected chi connectivity index (χ3v) is 1.47. The van der Waals surface area contributed by atoms with E-state index >= 15 is 0 Å². The number of carbonyl (C=O) groups excluding carboxylic acids is 2. The fourth-order valence-corrected chi connectivity index (χ4v) is 0.812. The van der Waals surface area contributed by atoms with Crippen molar-refractivity contribution >= 4 is 12.1 Å².